The minimum absolute atomic E-state index is 0.0115. The molecule has 0 saturated heterocycles. The number of aromatic nitrogens is 6. The zero-order valence-corrected chi connectivity index (χ0v) is 15.9. The number of carboxylic acid groups (broad SMARTS) is 1. The van der Waals surface area contributed by atoms with Gasteiger partial charge in [-0.05, 0) is 23.6 Å². The lowest BCUT2D eigenvalue weighted by molar-refractivity contribution is 0.0697. The summed E-state index contributed by atoms with van der Waals surface area (Å²) < 4.78 is 30.1. The van der Waals surface area contributed by atoms with E-state index in [4.69, 9.17) is 5.11 Å². The highest BCUT2D eigenvalue weighted by Gasteiger charge is 2.24. The summed E-state index contributed by atoms with van der Waals surface area (Å²) in [6.45, 7) is 3.68. The van der Waals surface area contributed by atoms with E-state index in [2.05, 4.69) is 20.2 Å². The summed E-state index contributed by atoms with van der Waals surface area (Å²) >= 11 is 0. The van der Waals surface area contributed by atoms with Gasteiger partial charge in [0.15, 0.2) is 5.52 Å². The molecule has 0 radical (unpaired) electrons. The summed E-state index contributed by atoms with van der Waals surface area (Å²) in [7, 11) is 0. The van der Waals surface area contributed by atoms with Gasteiger partial charge >= 0.3 is 5.97 Å². The van der Waals surface area contributed by atoms with Crippen LogP contribution in [0.1, 0.15) is 35.8 Å². The maximum Gasteiger partial charge on any atom is 0.338 e. The van der Waals surface area contributed by atoms with Crippen molar-refractivity contribution in [1.29, 1.82) is 0 Å². The van der Waals surface area contributed by atoms with E-state index < -0.39 is 29.2 Å². The van der Waals surface area contributed by atoms with Crippen molar-refractivity contribution in [2.24, 2.45) is 5.92 Å². The van der Waals surface area contributed by atoms with Crippen LogP contribution >= 0.6 is 0 Å². The van der Waals surface area contributed by atoms with Gasteiger partial charge in [-0.1, -0.05) is 13.8 Å². The molecular formula is C19H16F2N6O3. The topological polar surface area (TPSA) is 119 Å². The van der Waals surface area contributed by atoms with Crippen molar-refractivity contribution in [1.82, 2.24) is 29.5 Å². The number of halogens is 2. The highest BCUT2D eigenvalue weighted by atomic mass is 19.1. The van der Waals surface area contributed by atoms with E-state index in [-0.39, 0.29) is 28.5 Å². The summed E-state index contributed by atoms with van der Waals surface area (Å²) in [5.41, 5.74) is 0.0504. The van der Waals surface area contributed by atoms with Gasteiger partial charge in [0.2, 0.25) is 5.95 Å². The first kappa shape index (κ1) is 19.4. The van der Waals surface area contributed by atoms with Gasteiger partial charge in [0.1, 0.15) is 17.2 Å². The fraction of sp³-hybridized carbons (Fsp3) is 0.211. The second-order valence-corrected chi connectivity index (χ2v) is 7.08. The smallest absolute Gasteiger partial charge is 0.338 e. The molecule has 3 aromatic heterocycles. The Balaban J connectivity index is 1.85. The molecule has 1 aromatic carbocycles. The van der Waals surface area contributed by atoms with Crippen LogP contribution in [0.15, 0.2) is 41.6 Å². The number of hydrogen-bond donors (Lipinski definition) is 2. The highest BCUT2D eigenvalue weighted by molar-refractivity contribution is 5.87. The minimum atomic E-state index is -1.17. The number of benzene rings is 1. The molecule has 1 unspecified atom stereocenters. The average Bonchev–Trinajstić information content (AvgIpc) is 3.28. The van der Waals surface area contributed by atoms with E-state index in [1.165, 1.54) is 29.2 Å². The summed E-state index contributed by atoms with van der Waals surface area (Å²) in [5.74, 6) is -2.77. The van der Waals surface area contributed by atoms with Crippen LogP contribution in [0.2, 0.25) is 0 Å². The number of carboxylic acids is 1. The largest absolute Gasteiger partial charge is 0.478 e. The maximum absolute atomic E-state index is 13.8. The van der Waals surface area contributed by atoms with Crippen LogP contribution in [0.25, 0.3) is 17.0 Å². The minimum Gasteiger partial charge on any atom is -0.478 e. The number of nitrogens with zero attached hydrogens (tertiary/aromatic N) is 5. The Morgan fingerprint density at radius 1 is 1.13 bits per heavy atom. The molecule has 0 aliphatic rings. The molecule has 0 spiro atoms. The summed E-state index contributed by atoms with van der Waals surface area (Å²) in [5, 5.41) is 17.2. The van der Waals surface area contributed by atoms with Crippen LogP contribution < -0.4 is 5.56 Å². The molecule has 11 heteroatoms. The van der Waals surface area contributed by atoms with Crippen LogP contribution in [-0.4, -0.2) is 40.6 Å². The number of fused-ring (bicyclic) bond motifs is 1. The second-order valence-electron chi connectivity index (χ2n) is 7.08. The van der Waals surface area contributed by atoms with Gasteiger partial charge in [-0.2, -0.15) is 10.2 Å². The van der Waals surface area contributed by atoms with Gasteiger partial charge < -0.3 is 5.11 Å². The number of aromatic carboxylic acids is 1. The number of H-pyrrole nitrogens is 1. The molecule has 0 saturated carbocycles. The number of carbonyl (C=O) groups is 1. The van der Waals surface area contributed by atoms with Crippen LogP contribution in [0.4, 0.5) is 8.78 Å². The SMILES string of the molecule is CC(C)C(c1cc(F)cc(F)c1)n1ncc2nc(-n3cc(C(=O)O)cn3)[nH]c(=O)c21. The van der Waals surface area contributed by atoms with Crippen molar-refractivity contribution in [3.8, 4) is 5.95 Å². The summed E-state index contributed by atoms with van der Waals surface area (Å²) in [6.07, 6.45) is 3.70. The molecule has 3 heterocycles. The standard InChI is InChI=1S/C19H16F2N6O3/c1-9(2)15(10-3-12(20)5-13(21)4-10)27-16-14(7-23-27)24-19(25-17(16)28)26-8-11(6-22-26)18(29)30/h3-9,15H,1-2H3,(H,29,30)(H,24,25,28). The summed E-state index contributed by atoms with van der Waals surface area (Å²) in [4.78, 5) is 30.7. The lowest BCUT2D eigenvalue weighted by Gasteiger charge is -2.22. The molecule has 0 bridgehead atoms. The molecule has 154 valence electrons. The molecule has 0 amide bonds. The van der Waals surface area contributed by atoms with Crippen molar-refractivity contribution in [2.45, 2.75) is 19.9 Å². The monoisotopic (exact) mass is 414 g/mol. The fourth-order valence-corrected chi connectivity index (χ4v) is 3.38. The Morgan fingerprint density at radius 3 is 2.43 bits per heavy atom. The van der Waals surface area contributed by atoms with Crippen LogP contribution in [-0.2, 0) is 0 Å². The third-order valence-corrected chi connectivity index (χ3v) is 4.61. The van der Waals surface area contributed by atoms with E-state index in [0.29, 0.717) is 5.56 Å². The Bertz CT molecular complexity index is 1300. The number of rotatable bonds is 5. The van der Waals surface area contributed by atoms with E-state index in [9.17, 15) is 18.4 Å². The molecule has 4 aromatic rings. The lowest BCUT2D eigenvalue weighted by atomic mass is 9.96. The van der Waals surface area contributed by atoms with Crippen LogP contribution in [0.5, 0.6) is 0 Å². The number of hydrogen-bond acceptors (Lipinski definition) is 5. The predicted octanol–water partition coefficient (Wildman–Crippen LogP) is 2.53. The summed E-state index contributed by atoms with van der Waals surface area (Å²) in [6, 6.07) is 2.56. The van der Waals surface area contributed by atoms with Crippen molar-refractivity contribution in [3.63, 3.8) is 0 Å². The molecule has 4 rings (SSSR count). The lowest BCUT2D eigenvalue weighted by Crippen LogP contribution is -2.23. The average molecular weight is 414 g/mol. The maximum atomic E-state index is 13.8. The predicted molar refractivity (Wildman–Crippen MR) is 102 cm³/mol. The Morgan fingerprint density at radius 2 is 1.83 bits per heavy atom. The van der Waals surface area contributed by atoms with Gasteiger partial charge in [0.25, 0.3) is 5.56 Å². The van der Waals surface area contributed by atoms with Gasteiger partial charge in [-0.25, -0.2) is 27.9 Å². The van der Waals surface area contributed by atoms with Crippen molar-refractivity contribution in [2.75, 3.05) is 0 Å². The van der Waals surface area contributed by atoms with Crippen molar-refractivity contribution < 1.29 is 18.7 Å². The van der Waals surface area contributed by atoms with Crippen LogP contribution in [0.3, 0.4) is 0 Å². The van der Waals surface area contributed by atoms with Gasteiger partial charge in [0, 0.05) is 12.3 Å². The molecule has 0 fully saturated rings. The molecule has 2 N–H and O–H groups in total. The highest BCUT2D eigenvalue weighted by Crippen LogP contribution is 2.29. The number of aromatic amines is 1. The quantitative estimate of drug-likeness (QED) is 0.518. The normalized spacial score (nSPS) is 12.6. The van der Waals surface area contributed by atoms with E-state index in [1.54, 1.807) is 0 Å². The van der Waals surface area contributed by atoms with Gasteiger partial charge in [0.05, 0.1) is 24.0 Å². The van der Waals surface area contributed by atoms with E-state index in [0.717, 1.165) is 16.9 Å². The zero-order valence-electron chi connectivity index (χ0n) is 15.9. The molecule has 30 heavy (non-hydrogen) atoms. The Labute approximate surface area is 167 Å². The van der Waals surface area contributed by atoms with E-state index in [1.807, 2.05) is 13.8 Å². The van der Waals surface area contributed by atoms with Crippen LogP contribution in [0, 0.1) is 17.6 Å². The Kier molecular flexibility index (Phi) is 4.65. The van der Waals surface area contributed by atoms with Crippen molar-refractivity contribution >= 4 is 17.0 Å². The number of nitrogens with one attached hydrogen (secondary N) is 1. The molecule has 1 atom stereocenters. The molecular weight excluding hydrogens is 398 g/mol. The molecule has 9 nitrogen and oxygen atoms in total. The third-order valence-electron chi connectivity index (χ3n) is 4.61. The first-order chi connectivity index (χ1) is 14.2. The van der Waals surface area contributed by atoms with Crippen molar-refractivity contribution in [3.05, 3.63) is 69.9 Å². The second kappa shape index (κ2) is 7.17. The van der Waals surface area contributed by atoms with Gasteiger partial charge in [-0.3, -0.25) is 9.78 Å². The first-order valence-corrected chi connectivity index (χ1v) is 8.96. The molecule has 0 aliphatic heterocycles. The van der Waals surface area contributed by atoms with E-state index >= 15 is 0 Å². The first-order valence-electron chi connectivity index (χ1n) is 8.96. The third kappa shape index (κ3) is 3.34. The molecule has 0 aliphatic carbocycles. The van der Waals surface area contributed by atoms with Gasteiger partial charge in [-0.15, -0.1) is 0 Å². The Hall–Kier alpha value is -3.89. The fourth-order valence-electron chi connectivity index (χ4n) is 3.38. The zero-order chi connectivity index (χ0) is 21.6.